The van der Waals surface area contributed by atoms with Crippen LogP contribution in [0.3, 0.4) is 0 Å². The molecule has 0 amide bonds. The standard InChI is InChI=1S/C10H7Br2F3O2/c1-5(11)9(16)7-4-6(12)2-3-8(7)17-10(13,14)15/h2-5H,1H3. The van der Waals surface area contributed by atoms with Crippen molar-refractivity contribution >= 4 is 37.6 Å². The smallest absolute Gasteiger partial charge is 0.405 e. The topological polar surface area (TPSA) is 26.3 Å². The summed E-state index contributed by atoms with van der Waals surface area (Å²) in [5.74, 6) is -0.984. The summed E-state index contributed by atoms with van der Waals surface area (Å²) in [6.07, 6.45) is -4.82. The number of ether oxygens (including phenoxy) is 1. The molecule has 0 saturated carbocycles. The molecule has 7 heteroatoms. The van der Waals surface area contributed by atoms with Crippen molar-refractivity contribution in [2.24, 2.45) is 0 Å². The Hall–Kier alpha value is -0.560. The van der Waals surface area contributed by atoms with Crippen LogP contribution in [0.25, 0.3) is 0 Å². The molecule has 0 heterocycles. The van der Waals surface area contributed by atoms with E-state index in [2.05, 4.69) is 36.6 Å². The zero-order valence-corrected chi connectivity index (χ0v) is 11.7. The number of halogens is 5. The highest BCUT2D eigenvalue weighted by Crippen LogP contribution is 2.30. The van der Waals surface area contributed by atoms with Gasteiger partial charge in [0.15, 0.2) is 5.78 Å². The third kappa shape index (κ3) is 4.31. The van der Waals surface area contributed by atoms with Gasteiger partial charge < -0.3 is 4.74 Å². The molecule has 1 aromatic carbocycles. The lowest BCUT2D eigenvalue weighted by Crippen LogP contribution is -2.20. The van der Waals surface area contributed by atoms with Crippen molar-refractivity contribution in [2.75, 3.05) is 0 Å². The molecule has 0 N–H and O–H groups in total. The quantitative estimate of drug-likeness (QED) is 0.581. The van der Waals surface area contributed by atoms with Gasteiger partial charge in [-0.1, -0.05) is 31.9 Å². The van der Waals surface area contributed by atoms with Crippen LogP contribution < -0.4 is 4.74 Å². The van der Waals surface area contributed by atoms with Gasteiger partial charge in [0.25, 0.3) is 0 Å². The first-order valence-electron chi connectivity index (χ1n) is 4.44. The van der Waals surface area contributed by atoms with Crippen LogP contribution in [-0.2, 0) is 0 Å². The van der Waals surface area contributed by atoms with Gasteiger partial charge in [-0.25, -0.2) is 0 Å². The van der Waals surface area contributed by atoms with Gasteiger partial charge in [-0.05, 0) is 25.1 Å². The lowest BCUT2D eigenvalue weighted by atomic mass is 10.1. The van der Waals surface area contributed by atoms with Crippen molar-refractivity contribution in [2.45, 2.75) is 18.1 Å². The largest absolute Gasteiger partial charge is 0.573 e. The first-order chi connectivity index (χ1) is 7.70. The molecule has 1 aromatic rings. The Morgan fingerprint density at radius 1 is 1.41 bits per heavy atom. The van der Waals surface area contributed by atoms with Crippen molar-refractivity contribution in [3.8, 4) is 5.75 Å². The molecular weight excluding hydrogens is 369 g/mol. The monoisotopic (exact) mass is 374 g/mol. The molecule has 0 spiro atoms. The van der Waals surface area contributed by atoms with E-state index < -0.39 is 22.7 Å². The van der Waals surface area contributed by atoms with Gasteiger partial charge in [0, 0.05) is 4.47 Å². The second-order valence-electron chi connectivity index (χ2n) is 3.17. The maximum absolute atomic E-state index is 12.1. The number of hydrogen-bond acceptors (Lipinski definition) is 2. The Morgan fingerprint density at radius 3 is 2.47 bits per heavy atom. The molecule has 1 unspecified atom stereocenters. The summed E-state index contributed by atoms with van der Waals surface area (Å²) in [7, 11) is 0. The molecule has 0 radical (unpaired) electrons. The van der Waals surface area contributed by atoms with E-state index in [4.69, 9.17) is 0 Å². The van der Waals surface area contributed by atoms with Crippen molar-refractivity contribution in [3.63, 3.8) is 0 Å². The number of hydrogen-bond donors (Lipinski definition) is 0. The summed E-state index contributed by atoms with van der Waals surface area (Å²) in [6, 6.07) is 3.76. The molecule has 0 aliphatic rings. The number of carbonyl (C=O) groups is 1. The predicted octanol–water partition coefficient (Wildman–Crippen LogP) is 4.31. The Labute approximate surface area is 112 Å². The van der Waals surface area contributed by atoms with Crippen LogP contribution in [0.5, 0.6) is 5.75 Å². The molecule has 0 bridgehead atoms. The number of carbonyl (C=O) groups excluding carboxylic acids is 1. The van der Waals surface area contributed by atoms with E-state index in [1.54, 1.807) is 0 Å². The van der Waals surface area contributed by atoms with Crippen molar-refractivity contribution in [1.29, 1.82) is 0 Å². The van der Waals surface area contributed by atoms with E-state index in [1.165, 1.54) is 19.1 Å². The SMILES string of the molecule is CC(Br)C(=O)c1cc(Br)ccc1OC(F)(F)F. The second-order valence-corrected chi connectivity index (χ2v) is 5.46. The van der Waals surface area contributed by atoms with Gasteiger partial charge >= 0.3 is 6.36 Å². The molecule has 1 atom stereocenters. The zero-order valence-electron chi connectivity index (χ0n) is 8.52. The highest BCUT2D eigenvalue weighted by Gasteiger charge is 2.33. The molecule has 94 valence electrons. The number of alkyl halides is 4. The molecule has 0 aromatic heterocycles. The summed E-state index contributed by atoms with van der Waals surface area (Å²) in [5.41, 5.74) is -0.124. The van der Waals surface area contributed by atoms with Crippen LogP contribution in [0, 0.1) is 0 Å². The molecule has 0 saturated heterocycles. The zero-order chi connectivity index (χ0) is 13.2. The molecule has 17 heavy (non-hydrogen) atoms. The Bertz CT molecular complexity index is 430. The van der Waals surface area contributed by atoms with Gasteiger partial charge in [-0.15, -0.1) is 13.2 Å². The third-order valence-electron chi connectivity index (χ3n) is 1.79. The summed E-state index contributed by atoms with van der Waals surface area (Å²) in [6.45, 7) is 1.53. The van der Waals surface area contributed by atoms with E-state index >= 15 is 0 Å². The summed E-state index contributed by atoms with van der Waals surface area (Å²) >= 11 is 6.10. The van der Waals surface area contributed by atoms with E-state index in [-0.39, 0.29) is 5.56 Å². The van der Waals surface area contributed by atoms with Crippen LogP contribution >= 0.6 is 31.9 Å². The van der Waals surface area contributed by atoms with Crippen LogP contribution in [0.15, 0.2) is 22.7 Å². The lowest BCUT2D eigenvalue weighted by Gasteiger charge is -2.13. The fourth-order valence-electron chi connectivity index (χ4n) is 1.12. The summed E-state index contributed by atoms with van der Waals surface area (Å²) < 4.78 is 40.7. The fourth-order valence-corrected chi connectivity index (χ4v) is 1.73. The van der Waals surface area contributed by atoms with Gasteiger partial charge in [0.1, 0.15) is 5.75 Å². The average Bonchev–Trinajstić information content (AvgIpc) is 2.17. The second kappa shape index (κ2) is 5.39. The summed E-state index contributed by atoms with van der Waals surface area (Å²) in [5, 5.41) is 0. The number of Topliss-reactive ketones (excluding diaryl/α,β-unsaturated/α-hetero) is 1. The Balaban J connectivity index is 3.17. The van der Waals surface area contributed by atoms with Crippen LogP contribution in [-0.4, -0.2) is 17.0 Å². The summed E-state index contributed by atoms with van der Waals surface area (Å²) in [4.78, 5) is 11.1. The van der Waals surface area contributed by atoms with Crippen molar-refractivity contribution in [3.05, 3.63) is 28.2 Å². The van der Waals surface area contributed by atoms with Gasteiger partial charge in [0.2, 0.25) is 0 Å². The van der Waals surface area contributed by atoms with E-state index in [0.717, 1.165) is 6.07 Å². The predicted molar refractivity (Wildman–Crippen MR) is 63.5 cm³/mol. The Morgan fingerprint density at radius 2 is 2.00 bits per heavy atom. The van der Waals surface area contributed by atoms with Gasteiger partial charge in [-0.3, -0.25) is 4.79 Å². The maximum Gasteiger partial charge on any atom is 0.573 e. The highest BCUT2D eigenvalue weighted by molar-refractivity contribution is 9.10. The van der Waals surface area contributed by atoms with Gasteiger partial charge in [-0.2, -0.15) is 0 Å². The Kier molecular flexibility index (Phi) is 4.60. The molecule has 0 aliphatic carbocycles. The van der Waals surface area contributed by atoms with E-state index in [0.29, 0.717) is 4.47 Å². The molecule has 0 aliphatic heterocycles. The highest BCUT2D eigenvalue weighted by atomic mass is 79.9. The minimum absolute atomic E-state index is 0.124. The van der Waals surface area contributed by atoms with Crippen LogP contribution in [0.1, 0.15) is 17.3 Å². The average molecular weight is 376 g/mol. The minimum Gasteiger partial charge on any atom is -0.405 e. The fraction of sp³-hybridized carbons (Fsp3) is 0.300. The molecule has 2 nitrogen and oxygen atoms in total. The van der Waals surface area contributed by atoms with Crippen LogP contribution in [0.2, 0.25) is 0 Å². The van der Waals surface area contributed by atoms with E-state index in [9.17, 15) is 18.0 Å². The van der Waals surface area contributed by atoms with Gasteiger partial charge in [0.05, 0.1) is 10.4 Å². The first-order valence-corrected chi connectivity index (χ1v) is 6.15. The minimum atomic E-state index is -4.82. The number of ketones is 1. The lowest BCUT2D eigenvalue weighted by molar-refractivity contribution is -0.274. The van der Waals surface area contributed by atoms with E-state index in [1.807, 2.05) is 0 Å². The maximum atomic E-state index is 12.1. The molecular formula is C10H7Br2F3O2. The number of rotatable bonds is 3. The molecule has 0 fully saturated rings. The van der Waals surface area contributed by atoms with Crippen LogP contribution in [0.4, 0.5) is 13.2 Å². The van der Waals surface area contributed by atoms with Crippen molar-refractivity contribution in [1.82, 2.24) is 0 Å². The van der Waals surface area contributed by atoms with Crippen molar-refractivity contribution < 1.29 is 22.7 Å². The first kappa shape index (κ1) is 14.5. The molecule has 1 rings (SSSR count). The number of benzene rings is 1. The third-order valence-corrected chi connectivity index (χ3v) is 2.70. The normalized spacial score (nSPS) is 13.3.